The van der Waals surface area contributed by atoms with Crippen molar-refractivity contribution in [2.45, 2.75) is 40.3 Å². The van der Waals surface area contributed by atoms with Crippen LogP contribution in [0.1, 0.15) is 43.9 Å². The first-order valence-electron chi connectivity index (χ1n) is 7.95. The molecule has 130 valence electrons. The average Bonchev–Trinajstić information content (AvgIpc) is 2.51. The number of esters is 1. The number of fused-ring (bicyclic) bond motifs is 1. The van der Waals surface area contributed by atoms with Crippen LogP contribution in [0.3, 0.4) is 0 Å². The number of nitrogens with zero attached hydrogens (tertiary/aromatic N) is 2. The number of benzene rings is 1. The van der Waals surface area contributed by atoms with Crippen LogP contribution < -0.4 is 5.56 Å². The van der Waals surface area contributed by atoms with Crippen molar-refractivity contribution in [3.8, 4) is 0 Å². The highest BCUT2D eigenvalue weighted by molar-refractivity contribution is 5.93. The van der Waals surface area contributed by atoms with E-state index in [2.05, 4.69) is 42.6 Å². The predicted molar refractivity (Wildman–Crippen MR) is 94.1 cm³/mol. The zero-order chi connectivity index (χ0) is 18.1. The number of carbonyl (C=O) groups is 1. The van der Waals surface area contributed by atoms with Gasteiger partial charge in [-0.25, -0.2) is 9.78 Å². The third-order valence-electron chi connectivity index (χ3n) is 4.49. The van der Waals surface area contributed by atoms with Gasteiger partial charge in [0.05, 0.1) is 30.1 Å². The minimum absolute atomic E-state index is 0.115. The minimum Gasteiger partial charge on any atom is -0.465 e. The van der Waals surface area contributed by atoms with Crippen LogP contribution in [0.15, 0.2) is 23.0 Å². The largest absolute Gasteiger partial charge is 0.465 e. The van der Waals surface area contributed by atoms with Gasteiger partial charge < -0.3 is 9.72 Å². The lowest BCUT2D eigenvalue weighted by Crippen LogP contribution is -2.39. The molecule has 1 atom stereocenters. The second-order valence-corrected chi connectivity index (χ2v) is 7.19. The van der Waals surface area contributed by atoms with Crippen molar-refractivity contribution in [1.29, 1.82) is 0 Å². The number of aromatic amines is 1. The van der Waals surface area contributed by atoms with Gasteiger partial charge in [0.25, 0.3) is 5.56 Å². The van der Waals surface area contributed by atoms with Gasteiger partial charge in [-0.05, 0) is 37.6 Å². The molecular weight excluding hydrogens is 306 g/mol. The number of aromatic nitrogens is 2. The Kier molecular flexibility index (Phi) is 5.08. The lowest BCUT2D eigenvalue weighted by molar-refractivity contribution is 0.0601. The molecule has 0 saturated heterocycles. The Bertz CT molecular complexity index is 805. The lowest BCUT2D eigenvalue weighted by Gasteiger charge is -2.35. The smallest absolute Gasteiger partial charge is 0.337 e. The number of rotatable bonds is 4. The number of hydrogen-bond acceptors (Lipinski definition) is 5. The van der Waals surface area contributed by atoms with Gasteiger partial charge in [-0.2, -0.15) is 0 Å². The number of H-pyrrole nitrogens is 1. The molecule has 1 aromatic heterocycles. The number of nitrogens with one attached hydrogen (secondary N) is 1. The third-order valence-corrected chi connectivity index (χ3v) is 4.49. The molecule has 6 nitrogen and oxygen atoms in total. The zero-order valence-electron chi connectivity index (χ0n) is 15.1. The molecule has 24 heavy (non-hydrogen) atoms. The van der Waals surface area contributed by atoms with Crippen molar-refractivity contribution in [2.24, 2.45) is 5.41 Å². The average molecular weight is 331 g/mol. The maximum absolute atomic E-state index is 12.3. The first-order valence-corrected chi connectivity index (χ1v) is 7.95. The molecular formula is C18H25N3O3. The molecule has 1 aromatic carbocycles. The molecule has 0 radical (unpaired) electrons. The van der Waals surface area contributed by atoms with Crippen LogP contribution in [-0.4, -0.2) is 41.0 Å². The standard InChI is InChI=1S/C18H25N3O3/c1-11(18(2,3)4)21(5)10-15-19-14-9-12(17(23)24-6)7-8-13(14)16(22)20-15/h7-9,11H,10H2,1-6H3,(H,19,20,22). The Labute approximate surface area is 141 Å². The van der Waals surface area contributed by atoms with Crippen molar-refractivity contribution < 1.29 is 9.53 Å². The first kappa shape index (κ1) is 18.1. The van der Waals surface area contributed by atoms with Gasteiger partial charge in [0, 0.05) is 6.04 Å². The molecule has 0 amide bonds. The predicted octanol–water partition coefficient (Wildman–Crippen LogP) is 2.58. The summed E-state index contributed by atoms with van der Waals surface area (Å²) in [6.45, 7) is 9.19. The molecule has 0 aliphatic rings. The van der Waals surface area contributed by atoms with Gasteiger partial charge >= 0.3 is 5.97 Å². The fourth-order valence-corrected chi connectivity index (χ4v) is 2.54. The van der Waals surface area contributed by atoms with E-state index >= 15 is 0 Å². The van der Waals surface area contributed by atoms with Crippen LogP contribution in [-0.2, 0) is 11.3 Å². The van der Waals surface area contributed by atoms with E-state index in [9.17, 15) is 9.59 Å². The molecule has 2 rings (SSSR count). The maximum Gasteiger partial charge on any atom is 0.337 e. The van der Waals surface area contributed by atoms with Gasteiger partial charge in [0.1, 0.15) is 5.82 Å². The zero-order valence-corrected chi connectivity index (χ0v) is 15.1. The van der Waals surface area contributed by atoms with Crippen LogP contribution in [0.25, 0.3) is 10.9 Å². The maximum atomic E-state index is 12.3. The number of methoxy groups -OCH3 is 1. The summed E-state index contributed by atoms with van der Waals surface area (Å²) in [6.07, 6.45) is 0. The second kappa shape index (κ2) is 6.73. The second-order valence-electron chi connectivity index (χ2n) is 7.19. The molecule has 0 aliphatic carbocycles. The lowest BCUT2D eigenvalue weighted by atomic mass is 9.87. The minimum atomic E-state index is -0.445. The molecule has 6 heteroatoms. The summed E-state index contributed by atoms with van der Waals surface area (Å²) in [4.78, 5) is 33.4. The van der Waals surface area contributed by atoms with E-state index in [0.29, 0.717) is 34.9 Å². The summed E-state index contributed by atoms with van der Waals surface area (Å²) in [7, 11) is 3.33. The Morgan fingerprint density at radius 1 is 1.38 bits per heavy atom. The van der Waals surface area contributed by atoms with Crippen molar-refractivity contribution in [2.75, 3.05) is 14.2 Å². The van der Waals surface area contributed by atoms with Crippen molar-refractivity contribution in [1.82, 2.24) is 14.9 Å². The molecule has 0 bridgehead atoms. The highest BCUT2D eigenvalue weighted by atomic mass is 16.5. The topological polar surface area (TPSA) is 75.3 Å². The molecule has 0 saturated carbocycles. The molecule has 1 N–H and O–H groups in total. The Morgan fingerprint density at radius 3 is 2.62 bits per heavy atom. The van der Waals surface area contributed by atoms with E-state index in [1.807, 2.05) is 7.05 Å². The van der Waals surface area contributed by atoms with E-state index in [1.54, 1.807) is 18.2 Å². The van der Waals surface area contributed by atoms with Gasteiger partial charge in [0.2, 0.25) is 0 Å². The summed E-state index contributed by atoms with van der Waals surface area (Å²) < 4.78 is 4.72. The van der Waals surface area contributed by atoms with E-state index < -0.39 is 5.97 Å². The highest BCUT2D eigenvalue weighted by Crippen LogP contribution is 2.23. The third kappa shape index (κ3) is 3.82. The van der Waals surface area contributed by atoms with Crippen LogP contribution in [0.2, 0.25) is 0 Å². The molecule has 0 spiro atoms. The van der Waals surface area contributed by atoms with Gasteiger partial charge in [-0.15, -0.1) is 0 Å². The Morgan fingerprint density at radius 2 is 2.04 bits per heavy atom. The fraction of sp³-hybridized carbons (Fsp3) is 0.500. The number of carbonyl (C=O) groups excluding carboxylic acids is 1. The summed E-state index contributed by atoms with van der Waals surface area (Å²) in [5, 5.41) is 0.456. The molecule has 1 unspecified atom stereocenters. The molecule has 0 fully saturated rings. The van der Waals surface area contributed by atoms with Crippen LogP contribution in [0.5, 0.6) is 0 Å². The number of ether oxygens (including phenoxy) is 1. The van der Waals surface area contributed by atoms with E-state index in [4.69, 9.17) is 4.74 Å². The van der Waals surface area contributed by atoms with Crippen molar-refractivity contribution in [3.05, 3.63) is 39.9 Å². The van der Waals surface area contributed by atoms with Crippen LogP contribution in [0, 0.1) is 5.41 Å². The monoisotopic (exact) mass is 331 g/mol. The molecule has 1 heterocycles. The molecule has 2 aromatic rings. The Balaban J connectivity index is 2.38. The van der Waals surface area contributed by atoms with Crippen molar-refractivity contribution in [3.63, 3.8) is 0 Å². The van der Waals surface area contributed by atoms with E-state index in [-0.39, 0.29) is 11.0 Å². The van der Waals surface area contributed by atoms with Crippen LogP contribution >= 0.6 is 0 Å². The quantitative estimate of drug-likeness (QED) is 0.872. The summed E-state index contributed by atoms with van der Waals surface area (Å²) in [6, 6.07) is 5.06. The van der Waals surface area contributed by atoms with Crippen LogP contribution in [0.4, 0.5) is 0 Å². The first-order chi connectivity index (χ1) is 11.1. The summed E-state index contributed by atoms with van der Waals surface area (Å²) in [5.41, 5.74) is 0.784. The molecule has 0 aliphatic heterocycles. The SMILES string of the molecule is COC(=O)c1ccc2c(=O)[nH]c(CN(C)C(C)C(C)(C)C)nc2c1. The van der Waals surface area contributed by atoms with Crippen molar-refractivity contribution >= 4 is 16.9 Å². The van der Waals surface area contributed by atoms with E-state index in [1.165, 1.54) is 7.11 Å². The van der Waals surface area contributed by atoms with Gasteiger partial charge in [-0.3, -0.25) is 9.69 Å². The number of hydrogen-bond donors (Lipinski definition) is 1. The van der Waals surface area contributed by atoms with Gasteiger partial charge in [-0.1, -0.05) is 20.8 Å². The summed E-state index contributed by atoms with van der Waals surface area (Å²) in [5.74, 6) is 0.132. The Hall–Kier alpha value is -2.21. The van der Waals surface area contributed by atoms with E-state index in [0.717, 1.165) is 0 Å². The summed E-state index contributed by atoms with van der Waals surface area (Å²) >= 11 is 0. The van der Waals surface area contributed by atoms with Gasteiger partial charge in [0.15, 0.2) is 0 Å². The highest BCUT2D eigenvalue weighted by Gasteiger charge is 2.24. The normalized spacial score (nSPS) is 13.3. The fourth-order valence-electron chi connectivity index (χ4n) is 2.54.